The van der Waals surface area contributed by atoms with Crippen LogP contribution in [0.5, 0.6) is 11.5 Å². The average Bonchev–Trinajstić information content (AvgIpc) is 3.46. The molecule has 4 aliphatic carbocycles. The van der Waals surface area contributed by atoms with Crippen molar-refractivity contribution >= 4 is 18.0 Å². The van der Waals surface area contributed by atoms with Crippen molar-refractivity contribution in [3.05, 3.63) is 35.9 Å². The zero-order valence-electron chi connectivity index (χ0n) is 15.4. The highest BCUT2D eigenvalue weighted by molar-refractivity contribution is 6.06. The topological polar surface area (TPSA) is 68.2 Å². The maximum absolute atomic E-state index is 12.9. The summed E-state index contributed by atoms with van der Waals surface area (Å²) in [6.07, 6.45) is 7.03. The summed E-state index contributed by atoms with van der Waals surface area (Å²) in [5, 5.41) is 5.35. The van der Waals surface area contributed by atoms with Crippen LogP contribution >= 0.6 is 0 Å². The van der Waals surface area contributed by atoms with Gasteiger partial charge in [-0.1, -0.05) is 12.2 Å². The number of amides is 2. The van der Waals surface area contributed by atoms with Crippen LogP contribution in [0, 0.1) is 35.5 Å². The van der Waals surface area contributed by atoms with E-state index in [1.165, 1.54) is 0 Å². The standard InChI is InChI=1S/C21H22N2O4/c1-3-27-17-8-11(4-7-16(17)26-2)10-22-23-20(24)18-12-5-6-13(15-9-14(12)15)19(18)21(23)25/h4-8,10,12-15,18-19H,3,9H2,1-2H3/b22-10-/t12-,13-,14-,15+,18+,19+/m0/s1. The van der Waals surface area contributed by atoms with E-state index in [2.05, 4.69) is 17.3 Å². The Hall–Kier alpha value is -2.63. The molecule has 2 saturated carbocycles. The first-order valence-corrected chi connectivity index (χ1v) is 9.55. The summed E-state index contributed by atoms with van der Waals surface area (Å²) >= 11 is 0. The normalized spacial score (nSPS) is 35.6. The molecule has 1 heterocycles. The van der Waals surface area contributed by atoms with Crippen molar-refractivity contribution in [1.29, 1.82) is 0 Å². The average molecular weight is 366 g/mol. The molecule has 0 radical (unpaired) electrons. The van der Waals surface area contributed by atoms with Gasteiger partial charge in [-0.05, 0) is 60.8 Å². The minimum Gasteiger partial charge on any atom is -0.493 e. The molecule has 6 heteroatoms. The fraction of sp³-hybridized carbons (Fsp3) is 0.476. The van der Waals surface area contributed by atoms with Gasteiger partial charge in [-0.3, -0.25) is 9.59 Å². The number of allylic oxidation sites excluding steroid dienone is 2. The third-order valence-electron chi connectivity index (χ3n) is 6.45. The first-order chi connectivity index (χ1) is 13.1. The van der Waals surface area contributed by atoms with Crippen molar-refractivity contribution in [2.75, 3.05) is 13.7 Å². The molecule has 140 valence electrons. The second-order valence-corrected chi connectivity index (χ2v) is 7.73. The Balaban J connectivity index is 1.40. The van der Waals surface area contributed by atoms with E-state index in [0.29, 0.717) is 29.9 Å². The second kappa shape index (κ2) is 5.94. The van der Waals surface area contributed by atoms with Crippen LogP contribution in [0.4, 0.5) is 0 Å². The predicted octanol–water partition coefficient (Wildman–Crippen LogP) is 2.48. The highest BCUT2D eigenvalue weighted by Crippen LogP contribution is 2.65. The van der Waals surface area contributed by atoms with Gasteiger partial charge in [0.1, 0.15) is 0 Å². The summed E-state index contributed by atoms with van der Waals surface area (Å²) in [4.78, 5) is 25.8. The van der Waals surface area contributed by atoms with E-state index in [-0.39, 0.29) is 35.5 Å². The first kappa shape index (κ1) is 16.5. The number of ether oxygens (including phenoxy) is 2. The molecule has 0 aromatic heterocycles. The molecular weight excluding hydrogens is 344 g/mol. The van der Waals surface area contributed by atoms with E-state index < -0.39 is 0 Å². The molecular formula is C21H22N2O4. The molecule has 2 bridgehead atoms. The second-order valence-electron chi connectivity index (χ2n) is 7.73. The lowest BCUT2D eigenvalue weighted by Gasteiger charge is -2.37. The van der Waals surface area contributed by atoms with Gasteiger partial charge in [-0.15, -0.1) is 0 Å². The van der Waals surface area contributed by atoms with Crippen molar-refractivity contribution in [1.82, 2.24) is 5.01 Å². The molecule has 1 aromatic carbocycles. The maximum Gasteiger partial charge on any atom is 0.254 e. The zero-order chi connectivity index (χ0) is 18.7. The van der Waals surface area contributed by atoms with Crippen molar-refractivity contribution < 1.29 is 19.1 Å². The lowest BCUT2D eigenvalue weighted by molar-refractivity contribution is -0.140. The van der Waals surface area contributed by atoms with Crippen LogP contribution in [0.1, 0.15) is 18.9 Å². The number of carbonyl (C=O) groups is 2. The van der Waals surface area contributed by atoms with Crippen molar-refractivity contribution in [2.24, 2.45) is 40.6 Å². The first-order valence-electron chi connectivity index (χ1n) is 9.55. The van der Waals surface area contributed by atoms with Gasteiger partial charge in [0.15, 0.2) is 11.5 Å². The third-order valence-corrected chi connectivity index (χ3v) is 6.45. The number of benzene rings is 1. The summed E-state index contributed by atoms with van der Waals surface area (Å²) in [6, 6.07) is 5.41. The Morgan fingerprint density at radius 2 is 1.78 bits per heavy atom. The van der Waals surface area contributed by atoms with Crippen LogP contribution in [0.25, 0.3) is 0 Å². The minimum absolute atomic E-state index is 0.149. The minimum atomic E-state index is -0.219. The molecule has 6 nitrogen and oxygen atoms in total. The molecule has 1 aliphatic heterocycles. The van der Waals surface area contributed by atoms with E-state index in [9.17, 15) is 9.59 Å². The Morgan fingerprint density at radius 3 is 2.37 bits per heavy atom. The van der Waals surface area contributed by atoms with Crippen LogP contribution in [-0.4, -0.2) is 36.8 Å². The van der Waals surface area contributed by atoms with Gasteiger partial charge in [-0.25, -0.2) is 0 Å². The van der Waals surface area contributed by atoms with E-state index in [0.717, 1.165) is 17.0 Å². The van der Waals surface area contributed by atoms with Crippen LogP contribution in [0.2, 0.25) is 0 Å². The Bertz CT molecular complexity index is 841. The van der Waals surface area contributed by atoms with Crippen molar-refractivity contribution in [3.8, 4) is 11.5 Å². The van der Waals surface area contributed by atoms with Gasteiger partial charge < -0.3 is 9.47 Å². The largest absolute Gasteiger partial charge is 0.493 e. The van der Waals surface area contributed by atoms with Crippen LogP contribution in [-0.2, 0) is 9.59 Å². The van der Waals surface area contributed by atoms with Gasteiger partial charge in [-0.2, -0.15) is 10.1 Å². The molecule has 2 amide bonds. The van der Waals surface area contributed by atoms with E-state index >= 15 is 0 Å². The fourth-order valence-corrected chi connectivity index (χ4v) is 5.22. The SMILES string of the molecule is CCOc1cc(/C=N\N2C(=O)[C@@H]3[C@H]4C=C[C@@H]([C@@H]5C[C@H]45)[C@H]3C2=O)ccc1OC. The molecule has 0 N–H and O–H groups in total. The van der Waals surface area contributed by atoms with Crippen LogP contribution in [0.3, 0.4) is 0 Å². The predicted molar refractivity (Wildman–Crippen MR) is 98.3 cm³/mol. The maximum atomic E-state index is 12.9. The summed E-state index contributed by atoms with van der Waals surface area (Å²) < 4.78 is 10.8. The summed E-state index contributed by atoms with van der Waals surface area (Å²) in [5.41, 5.74) is 0.749. The van der Waals surface area contributed by atoms with Gasteiger partial charge in [0.05, 0.1) is 31.8 Å². The Morgan fingerprint density at radius 1 is 1.11 bits per heavy atom. The number of methoxy groups -OCH3 is 1. The summed E-state index contributed by atoms with van der Waals surface area (Å²) in [7, 11) is 1.59. The lowest BCUT2D eigenvalue weighted by atomic mass is 9.63. The zero-order valence-corrected chi connectivity index (χ0v) is 15.4. The fourth-order valence-electron chi connectivity index (χ4n) is 5.22. The molecule has 0 spiro atoms. The molecule has 27 heavy (non-hydrogen) atoms. The van der Waals surface area contributed by atoms with E-state index in [4.69, 9.17) is 9.47 Å². The number of hydrazone groups is 1. The Labute approximate surface area is 157 Å². The number of imide groups is 1. The van der Waals surface area contributed by atoms with Gasteiger partial charge in [0.25, 0.3) is 11.8 Å². The highest BCUT2D eigenvalue weighted by atomic mass is 16.5. The third kappa shape index (κ3) is 2.35. The molecule has 1 saturated heterocycles. The van der Waals surface area contributed by atoms with Crippen LogP contribution < -0.4 is 9.47 Å². The molecule has 5 aliphatic rings. The number of rotatable bonds is 5. The van der Waals surface area contributed by atoms with Gasteiger partial charge >= 0.3 is 0 Å². The van der Waals surface area contributed by atoms with Gasteiger partial charge in [0, 0.05) is 0 Å². The van der Waals surface area contributed by atoms with Crippen LogP contribution in [0.15, 0.2) is 35.5 Å². The highest BCUT2D eigenvalue weighted by Gasteiger charge is 2.67. The Kier molecular flexibility index (Phi) is 3.64. The van der Waals surface area contributed by atoms with Gasteiger partial charge in [0.2, 0.25) is 0 Å². The molecule has 6 atom stereocenters. The van der Waals surface area contributed by atoms with E-state index in [1.54, 1.807) is 25.5 Å². The number of carbonyl (C=O) groups excluding carboxylic acids is 2. The molecule has 6 rings (SSSR count). The summed E-state index contributed by atoms with van der Waals surface area (Å²) in [6.45, 7) is 2.41. The van der Waals surface area contributed by atoms with E-state index in [1.807, 2.05) is 13.0 Å². The van der Waals surface area contributed by atoms with Crippen molar-refractivity contribution in [3.63, 3.8) is 0 Å². The number of nitrogens with zero attached hydrogens (tertiary/aromatic N) is 2. The number of hydrogen-bond donors (Lipinski definition) is 0. The monoisotopic (exact) mass is 366 g/mol. The molecule has 1 aromatic rings. The van der Waals surface area contributed by atoms with Crippen molar-refractivity contribution in [2.45, 2.75) is 13.3 Å². The number of hydrogen-bond acceptors (Lipinski definition) is 5. The smallest absolute Gasteiger partial charge is 0.254 e. The summed E-state index contributed by atoms with van der Waals surface area (Å²) in [5.74, 6) is 2.13. The molecule has 0 unspecified atom stereocenters. The quantitative estimate of drug-likeness (QED) is 0.456. The lowest BCUT2D eigenvalue weighted by Crippen LogP contribution is -2.40. The molecule has 3 fully saturated rings.